The molecular formula is C9H16O. The highest BCUT2D eigenvalue weighted by Gasteiger charge is 2.19. The molecule has 58 valence electrons. The lowest BCUT2D eigenvalue weighted by molar-refractivity contribution is 0.0436. The first-order valence-electron chi connectivity index (χ1n) is 3.64. The second-order valence-corrected chi connectivity index (χ2v) is 3.48. The molecule has 0 aromatic carbocycles. The van der Waals surface area contributed by atoms with Crippen LogP contribution in [-0.2, 0) is 0 Å². The Bertz CT molecular complexity index is 128. The van der Waals surface area contributed by atoms with E-state index < -0.39 is 5.60 Å². The second-order valence-electron chi connectivity index (χ2n) is 3.48. The quantitative estimate of drug-likeness (QED) is 0.593. The third-order valence-electron chi connectivity index (χ3n) is 1.33. The van der Waals surface area contributed by atoms with E-state index in [2.05, 4.69) is 19.8 Å². The van der Waals surface area contributed by atoms with Crippen molar-refractivity contribution in [2.75, 3.05) is 0 Å². The molecule has 0 aliphatic rings. The fraction of sp³-hybridized carbons (Fsp3) is 0.778. The fourth-order valence-corrected chi connectivity index (χ4v) is 1.17. The Labute approximate surface area is 63.5 Å². The largest absolute Gasteiger partial charge is 0.389 e. The zero-order chi connectivity index (χ0) is 8.20. The molecule has 0 rings (SSSR count). The summed E-state index contributed by atoms with van der Waals surface area (Å²) < 4.78 is 0. The number of hydrogen-bond acceptors (Lipinski definition) is 1. The smallest absolute Gasteiger partial charge is 0.0730 e. The van der Waals surface area contributed by atoms with Crippen LogP contribution in [0, 0.1) is 18.3 Å². The van der Waals surface area contributed by atoms with Crippen LogP contribution in [0.3, 0.4) is 0 Å². The van der Waals surface area contributed by atoms with Crippen molar-refractivity contribution in [3.8, 4) is 12.3 Å². The van der Waals surface area contributed by atoms with Gasteiger partial charge in [0.25, 0.3) is 0 Å². The van der Waals surface area contributed by atoms with E-state index in [1.54, 1.807) is 6.92 Å². The summed E-state index contributed by atoms with van der Waals surface area (Å²) >= 11 is 0. The van der Waals surface area contributed by atoms with Crippen LogP contribution in [0.15, 0.2) is 0 Å². The Balaban J connectivity index is 3.77. The third-order valence-corrected chi connectivity index (χ3v) is 1.33. The summed E-state index contributed by atoms with van der Waals surface area (Å²) in [5.74, 6) is 2.97. The molecule has 0 spiro atoms. The standard InChI is InChI=1S/C9H16O/c1-5-6-9(4,10)7-8(2)3/h1,8,10H,6-7H2,2-4H3/t9-/m0/s1. The molecule has 0 amide bonds. The van der Waals surface area contributed by atoms with Crippen LogP contribution < -0.4 is 0 Å². The van der Waals surface area contributed by atoms with Crippen molar-refractivity contribution in [1.29, 1.82) is 0 Å². The summed E-state index contributed by atoms with van der Waals surface area (Å²) in [6.45, 7) is 5.93. The van der Waals surface area contributed by atoms with E-state index in [1.807, 2.05) is 0 Å². The minimum atomic E-state index is -0.664. The average Bonchev–Trinajstić information content (AvgIpc) is 1.59. The van der Waals surface area contributed by atoms with Crippen molar-refractivity contribution in [1.82, 2.24) is 0 Å². The zero-order valence-corrected chi connectivity index (χ0v) is 7.02. The van der Waals surface area contributed by atoms with Crippen molar-refractivity contribution < 1.29 is 5.11 Å². The molecule has 10 heavy (non-hydrogen) atoms. The van der Waals surface area contributed by atoms with E-state index in [4.69, 9.17) is 6.42 Å². The maximum Gasteiger partial charge on any atom is 0.0730 e. The van der Waals surface area contributed by atoms with Crippen LogP contribution in [0.5, 0.6) is 0 Å². The maximum atomic E-state index is 9.54. The molecule has 0 aromatic rings. The average molecular weight is 140 g/mol. The van der Waals surface area contributed by atoms with Gasteiger partial charge < -0.3 is 5.11 Å². The van der Waals surface area contributed by atoms with E-state index in [9.17, 15) is 5.11 Å². The summed E-state index contributed by atoms with van der Waals surface area (Å²) in [4.78, 5) is 0. The molecule has 0 heterocycles. The fourth-order valence-electron chi connectivity index (χ4n) is 1.17. The lowest BCUT2D eigenvalue weighted by atomic mass is 9.92. The van der Waals surface area contributed by atoms with Gasteiger partial charge in [-0.3, -0.25) is 0 Å². The topological polar surface area (TPSA) is 20.2 Å². The lowest BCUT2D eigenvalue weighted by Gasteiger charge is -2.22. The Morgan fingerprint density at radius 2 is 2.10 bits per heavy atom. The van der Waals surface area contributed by atoms with Gasteiger partial charge in [0.05, 0.1) is 5.60 Å². The number of aliphatic hydroxyl groups is 1. The molecule has 0 aromatic heterocycles. The van der Waals surface area contributed by atoms with Gasteiger partial charge in [0.15, 0.2) is 0 Å². The number of rotatable bonds is 3. The zero-order valence-electron chi connectivity index (χ0n) is 7.02. The number of hydrogen-bond donors (Lipinski definition) is 1. The van der Waals surface area contributed by atoms with Crippen LogP contribution in [0.4, 0.5) is 0 Å². The van der Waals surface area contributed by atoms with Crippen molar-refractivity contribution in [3.63, 3.8) is 0 Å². The van der Waals surface area contributed by atoms with Gasteiger partial charge in [-0.05, 0) is 19.3 Å². The molecule has 0 radical (unpaired) electrons. The van der Waals surface area contributed by atoms with Crippen LogP contribution in [-0.4, -0.2) is 10.7 Å². The molecule has 0 unspecified atom stereocenters. The molecule has 1 atom stereocenters. The van der Waals surface area contributed by atoms with Crippen LogP contribution in [0.1, 0.15) is 33.6 Å². The molecule has 0 aliphatic heterocycles. The molecule has 1 heteroatoms. The van der Waals surface area contributed by atoms with Crippen LogP contribution in [0.25, 0.3) is 0 Å². The van der Waals surface area contributed by atoms with Gasteiger partial charge in [-0.1, -0.05) is 13.8 Å². The van der Waals surface area contributed by atoms with Gasteiger partial charge in [-0.25, -0.2) is 0 Å². The minimum absolute atomic E-state index is 0.450. The third kappa shape index (κ3) is 4.40. The van der Waals surface area contributed by atoms with Gasteiger partial charge in [0.2, 0.25) is 0 Å². The number of terminal acetylenes is 1. The monoisotopic (exact) mass is 140 g/mol. The van der Waals surface area contributed by atoms with Gasteiger partial charge >= 0.3 is 0 Å². The van der Waals surface area contributed by atoms with Crippen molar-refractivity contribution in [2.24, 2.45) is 5.92 Å². The maximum absolute atomic E-state index is 9.54. The highest BCUT2D eigenvalue weighted by atomic mass is 16.3. The first-order valence-corrected chi connectivity index (χ1v) is 3.64. The van der Waals surface area contributed by atoms with E-state index in [-0.39, 0.29) is 0 Å². The predicted molar refractivity (Wildman–Crippen MR) is 43.5 cm³/mol. The Kier molecular flexibility index (Phi) is 3.46. The van der Waals surface area contributed by atoms with Crippen molar-refractivity contribution in [2.45, 2.75) is 39.2 Å². The molecule has 0 fully saturated rings. The van der Waals surface area contributed by atoms with Gasteiger partial charge in [0, 0.05) is 6.42 Å². The molecule has 0 bridgehead atoms. The summed E-state index contributed by atoms with van der Waals surface area (Å²) in [5.41, 5.74) is -0.664. The van der Waals surface area contributed by atoms with E-state index >= 15 is 0 Å². The van der Waals surface area contributed by atoms with E-state index in [1.165, 1.54) is 0 Å². The van der Waals surface area contributed by atoms with E-state index in [0.29, 0.717) is 12.3 Å². The highest BCUT2D eigenvalue weighted by molar-refractivity contribution is 4.93. The first-order chi connectivity index (χ1) is 4.48. The van der Waals surface area contributed by atoms with Crippen molar-refractivity contribution in [3.05, 3.63) is 0 Å². The Morgan fingerprint density at radius 3 is 2.40 bits per heavy atom. The van der Waals surface area contributed by atoms with Crippen molar-refractivity contribution >= 4 is 0 Å². The molecule has 1 N–H and O–H groups in total. The minimum Gasteiger partial charge on any atom is -0.389 e. The summed E-state index contributed by atoms with van der Waals surface area (Å²) in [7, 11) is 0. The van der Waals surface area contributed by atoms with Gasteiger partial charge in [-0.2, -0.15) is 0 Å². The van der Waals surface area contributed by atoms with Gasteiger partial charge in [0.1, 0.15) is 0 Å². The Morgan fingerprint density at radius 1 is 1.60 bits per heavy atom. The highest BCUT2D eigenvalue weighted by Crippen LogP contribution is 2.18. The molecular weight excluding hydrogens is 124 g/mol. The summed E-state index contributed by atoms with van der Waals surface area (Å²) in [6, 6.07) is 0. The SMILES string of the molecule is C#CC[C@](C)(O)CC(C)C. The lowest BCUT2D eigenvalue weighted by Crippen LogP contribution is -2.25. The second kappa shape index (κ2) is 3.63. The predicted octanol–water partition coefficient (Wildman–Crippen LogP) is 1.81. The summed E-state index contributed by atoms with van der Waals surface area (Å²) in [6.07, 6.45) is 6.30. The normalized spacial score (nSPS) is 16.4. The molecule has 0 saturated carbocycles. The van der Waals surface area contributed by atoms with E-state index in [0.717, 1.165) is 6.42 Å². The molecule has 0 aliphatic carbocycles. The molecule has 0 saturated heterocycles. The van der Waals surface area contributed by atoms with Crippen LogP contribution in [0.2, 0.25) is 0 Å². The first kappa shape index (κ1) is 9.52. The van der Waals surface area contributed by atoms with Gasteiger partial charge in [-0.15, -0.1) is 12.3 Å². The Hall–Kier alpha value is -0.480. The summed E-state index contributed by atoms with van der Waals surface area (Å²) in [5, 5.41) is 9.54. The molecule has 1 nitrogen and oxygen atoms in total. The van der Waals surface area contributed by atoms with Crippen LogP contribution >= 0.6 is 0 Å².